The molecule has 0 bridgehead atoms. The lowest BCUT2D eigenvalue weighted by molar-refractivity contribution is 0.0950. The molecule has 1 aliphatic heterocycles. The van der Waals surface area contributed by atoms with Crippen molar-refractivity contribution in [3.8, 4) is 0 Å². The van der Waals surface area contributed by atoms with E-state index in [4.69, 9.17) is 0 Å². The number of carbonyl (C=O) groups is 1. The van der Waals surface area contributed by atoms with E-state index in [2.05, 4.69) is 59.3 Å². The Kier molecular flexibility index (Phi) is 8.11. The zero-order valence-corrected chi connectivity index (χ0v) is 21.7. The van der Waals surface area contributed by atoms with E-state index in [1.165, 1.54) is 31.4 Å². The zero-order chi connectivity index (χ0) is 24.9. The first kappa shape index (κ1) is 25.2. The van der Waals surface area contributed by atoms with Crippen LogP contribution in [0.5, 0.6) is 0 Å². The van der Waals surface area contributed by atoms with Crippen LogP contribution in [0.25, 0.3) is 0 Å². The Morgan fingerprint density at radius 2 is 1.74 bits per heavy atom. The minimum atomic E-state index is -0.117. The molecule has 6 nitrogen and oxygen atoms in total. The van der Waals surface area contributed by atoms with Gasteiger partial charge in [-0.3, -0.25) is 9.59 Å². The van der Waals surface area contributed by atoms with Gasteiger partial charge in [-0.05, 0) is 102 Å². The molecule has 1 fully saturated rings. The van der Waals surface area contributed by atoms with Crippen molar-refractivity contribution in [1.82, 2.24) is 15.2 Å². The molecule has 188 valence electrons. The summed E-state index contributed by atoms with van der Waals surface area (Å²) in [6, 6.07) is 9.27. The molecule has 2 aliphatic rings. The van der Waals surface area contributed by atoms with Crippen LogP contribution >= 0.6 is 0 Å². The molecular formula is C29H40N4O2. The average Bonchev–Trinajstić information content (AvgIpc) is 2.83. The third kappa shape index (κ3) is 5.69. The van der Waals surface area contributed by atoms with Crippen molar-refractivity contribution in [3.63, 3.8) is 0 Å². The third-order valence-electron chi connectivity index (χ3n) is 7.74. The molecule has 1 aromatic heterocycles. The summed E-state index contributed by atoms with van der Waals surface area (Å²) in [4.78, 5) is 33.8. The summed E-state index contributed by atoms with van der Waals surface area (Å²) in [5.41, 5.74) is 5.37. The van der Waals surface area contributed by atoms with Gasteiger partial charge in [0, 0.05) is 47.7 Å². The molecule has 0 atom stereocenters. The molecule has 1 aromatic carbocycles. The Labute approximate surface area is 209 Å². The lowest BCUT2D eigenvalue weighted by Crippen LogP contribution is -2.42. The summed E-state index contributed by atoms with van der Waals surface area (Å²) in [5.74, 6) is -0.117. The predicted octanol–water partition coefficient (Wildman–Crippen LogP) is 4.36. The van der Waals surface area contributed by atoms with Crippen molar-refractivity contribution in [1.29, 1.82) is 0 Å². The maximum Gasteiger partial charge on any atom is 0.253 e. The Morgan fingerprint density at radius 3 is 2.46 bits per heavy atom. The fourth-order valence-corrected chi connectivity index (χ4v) is 5.81. The molecule has 1 amide bonds. The fraction of sp³-hybridized carbons (Fsp3) is 0.517. The smallest absolute Gasteiger partial charge is 0.253 e. The van der Waals surface area contributed by atoms with Gasteiger partial charge in [0.2, 0.25) is 0 Å². The molecule has 6 heteroatoms. The van der Waals surface area contributed by atoms with Crippen molar-refractivity contribution in [2.45, 2.75) is 77.4 Å². The van der Waals surface area contributed by atoms with E-state index >= 15 is 0 Å². The minimum absolute atomic E-state index is 0.110. The van der Waals surface area contributed by atoms with Gasteiger partial charge in [0.1, 0.15) is 0 Å². The number of H-pyrrole nitrogens is 1. The van der Waals surface area contributed by atoms with Gasteiger partial charge in [-0.2, -0.15) is 0 Å². The van der Waals surface area contributed by atoms with Gasteiger partial charge in [0.15, 0.2) is 0 Å². The quantitative estimate of drug-likeness (QED) is 0.644. The number of anilines is 1. The van der Waals surface area contributed by atoms with Crippen LogP contribution in [-0.4, -0.2) is 48.5 Å². The molecule has 0 radical (unpaired) electrons. The number of aromatic nitrogens is 1. The molecule has 4 rings (SSSR count). The normalized spacial score (nSPS) is 20.9. The van der Waals surface area contributed by atoms with Crippen molar-refractivity contribution in [2.75, 3.05) is 25.5 Å². The largest absolute Gasteiger partial charge is 0.369 e. The number of fused-ring (bicyclic) bond motifs is 2. The number of benzene rings is 1. The number of carbonyl (C=O) groups excluding carboxylic acids is 1. The van der Waals surface area contributed by atoms with Gasteiger partial charge in [0.05, 0.1) is 0 Å². The Hall–Kier alpha value is -2.86. The van der Waals surface area contributed by atoms with Crippen LogP contribution in [0, 0.1) is 6.92 Å². The number of allylic oxidation sites excluding steroid dienone is 2. The van der Waals surface area contributed by atoms with Crippen molar-refractivity contribution in [2.24, 2.45) is 0 Å². The van der Waals surface area contributed by atoms with E-state index < -0.39 is 0 Å². The van der Waals surface area contributed by atoms with Crippen LogP contribution in [0.4, 0.5) is 5.69 Å². The molecule has 2 aromatic rings. The first-order valence-corrected chi connectivity index (χ1v) is 13.1. The fourth-order valence-electron chi connectivity index (χ4n) is 5.81. The minimum Gasteiger partial charge on any atom is -0.369 e. The highest BCUT2D eigenvalue weighted by molar-refractivity contribution is 5.97. The third-order valence-corrected chi connectivity index (χ3v) is 7.74. The standard InChI is InChI=1S/C29H40N4O2/c1-5-33(23-16-14-22(15-17-23)32(3)4)27-13-9-12-25-24(27)11-8-6-7-10-21-18-20(2)31-29(35)26(21)19-30-28(25)34/h6,8-9,12-13,18,22-23H,5,7,10-11,14-17,19H2,1-4H3,(H,30,34)(H,31,35). The van der Waals surface area contributed by atoms with Gasteiger partial charge in [-0.1, -0.05) is 18.2 Å². The molecule has 0 spiro atoms. The van der Waals surface area contributed by atoms with Gasteiger partial charge in [0.25, 0.3) is 11.5 Å². The molecule has 0 unspecified atom stereocenters. The summed E-state index contributed by atoms with van der Waals surface area (Å²) in [5, 5.41) is 3.05. The van der Waals surface area contributed by atoms with Crippen LogP contribution in [-0.2, 0) is 19.4 Å². The first-order valence-electron chi connectivity index (χ1n) is 13.1. The summed E-state index contributed by atoms with van der Waals surface area (Å²) < 4.78 is 0. The highest BCUT2D eigenvalue weighted by Gasteiger charge is 2.28. The number of aryl methyl sites for hydroxylation is 2. The van der Waals surface area contributed by atoms with Crippen molar-refractivity contribution < 1.29 is 4.79 Å². The monoisotopic (exact) mass is 476 g/mol. The van der Waals surface area contributed by atoms with E-state index in [-0.39, 0.29) is 18.0 Å². The number of hydrogen-bond donors (Lipinski definition) is 2. The molecule has 1 aliphatic carbocycles. The SMILES string of the molecule is CCN(c1cccc2c1CC=CCCc1cc(C)[nH]c(=O)c1CNC2=O)C1CCC(N(C)C)CC1. The molecule has 35 heavy (non-hydrogen) atoms. The zero-order valence-electron chi connectivity index (χ0n) is 21.7. The van der Waals surface area contributed by atoms with Gasteiger partial charge >= 0.3 is 0 Å². The maximum atomic E-state index is 13.4. The number of pyridine rings is 1. The number of nitrogens with one attached hydrogen (secondary N) is 2. The topological polar surface area (TPSA) is 68.4 Å². The van der Waals surface area contributed by atoms with E-state index in [1.54, 1.807) is 0 Å². The van der Waals surface area contributed by atoms with Gasteiger partial charge in [-0.15, -0.1) is 0 Å². The van der Waals surface area contributed by atoms with E-state index in [1.807, 2.05) is 25.1 Å². The van der Waals surface area contributed by atoms with Crippen LogP contribution < -0.4 is 15.8 Å². The molecule has 2 N–H and O–H groups in total. The van der Waals surface area contributed by atoms with Crippen LogP contribution in [0.15, 0.2) is 41.2 Å². The van der Waals surface area contributed by atoms with Gasteiger partial charge in [-0.25, -0.2) is 0 Å². The summed E-state index contributed by atoms with van der Waals surface area (Å²) >= 11 is 0. The lowest BCUT2D eigenvalue weighted by atomic mass is 9.88. The molecule has 2 heterocycles. The highest BCUT2D eigenvalue weighted by Crippen LogP contribution is 2.33. The second-order valence-corrected chi connectivity index (χ2v) is 10.2. The number of aromatic amines is 1. The van der Waals surface area contributed by atoms with E-state index in [9.17, 15) is 9.59 Å². The Bertz CT molecular complexity index is 1130. The molecule has 1 saturated carbocycles. The summed E-state index contributed by atoms with van der Waals surface area (Å²) in [6.07, 6.45) is 11.5. The second-order valence-electron chi connectivity index (χ2n) is 10.2. The predicted molar refractivity (Wildman–Crippen MR) is 143 cm³/mol. The number of amides is 1. The number of rotatable bonds is 4. The highest BCUT2D eigenvalue weighted by atomic mass is 16.1. The van der Waals surface area contributed by atoms with Crippen LogP contribution in [0.2, 0.25) is 0 Å². The lowest BCUT2D eigenvalue weighted by Gasteiger charge is -2.40. The average molecular weight is 477 g/mol. The van der Waals surface area contributed by atoms with Crippen molar-refractivity contribution in [3.05, 3.63) is 74.7 Å². The van der Waals surface area contributed by atoms with E-state index in [0.717, 1.165) is 42.6 Å². The van der Waals surface area contributed by atoms with Crippen LogP contribution in [0.3, 0.4) is 0 Å². The number of hydrogen-bond acceptors (Lipinski definition) is 4. The molecule has 0 saturated heterocycles. The second kappa shape index (κ2) is 11.3. The van der Waals surface area contributed by atoms with E-state index in [0.29, 0.717) is 23.2 Å². The first-order chi connectivity index (χ1) is 16.9. The number of nitrogens with zero attached hydrogens (tertiary/aromatic N) is 2. The van der Waals surface area contributed by atoms with Crippen LogP contribution in [0.1, 0.15) is 71.8 Å². The summed E-state index contributed by atoms with van der Waals surface area (Å²) in [6.45, 7) is 5.27. The Balaban J connectivity index is 1.64. The summed E-state index contributed by atoms with van der Waals surface area (Å²) in [7, 11) is 4.36. The molecular weight excluding hydrogens is 436 g/mol. The maximum absolute atomic E-state index is 13.4. The Morgan fingerprint density at radius 1 is 1.00 bits per heavy atom. The van der Waals surface area contributed by atoms with Gasteiger partial charge < -0.3 is 20.1 Å². The van der Waals surface area contributed by atoms with Crippen molar-refractivity contribution >= 4 is 11.6 Å².